The molecule has 25 heavy (non-hydrogen) atoms. The molecular weight excluding hydrogens is 320 g/mol. The molecule has 0 saturated heterocycles. The number of aliphatic imine (C=N–C) groups is 1. The molecule has 0 fully saturated rings. The van der Waals surface area contributed by atoms with Gasteiger partial charge in [0.15, 0.2) is 11.8 Å². The fourth-order valence-electron chi connectivity index (χ4n) is 2.19. The number of aromatic nitrogens is 3. The quantitative estimate of drug-likeness (QED) is 0.542. The van der Waals surface area contributed by atoms with E-state index in [4.69, 9.17) is 8.94 Å². The van der Waals surface area contributed by atoms with Crippen LogP contribution in [0.15, 0.2) is 44.5 Å². The van der Waals surface area contributed by atoms with Gasteiger partial charge < -0.3 is 19.6 Å². The predicted molar refractivity (Wildman–Crippen MR) is 92.7 cm³/mol. The second-order valence-corrected chi connectivity index (χ2v) is 5.52. The molecule has 0 saturated carbocycles. The molecule has 0 amide bonds. The lowest BCUT2D eigenvalue weighted by Crippen LogP contribution is -2.36. The standard InChI is InChI=1S/C17H20N6O2/c1-11-4-6-13(7-5-11)16-22-14(10-24-16)8-19-17(18-3)20-9-15-21-12(2)25-23-15/h4-7,10H,8-9H2,1-3H3,(H2,18,19,20). The Morgan fingerprint density at radius 1 is 1.08 bits per heavy atom. The minimum atomic E-state index is 0.421. The van der Waals surface area contributed by atoms with Crippen LogP contribution >= 0.6 is 0 Å². The summed E-state index contributed by atoms with van der Waals surface area (Å²) in [7, 11) is 1.69. The van der Waals surface area contributed by atoms with Crippen LogP contribution in [0, 0.1) is 13.8 Å². The second kappa shape index (κ2) is 7.61. The summed E-state index contributed by atoms with van der Waals surface area (Å²) in [5, 5.41) is 10.1. The Bertz CT molecular complexity index is 850. The van der Waals surface area contributed by atoms with Crippen LogP contribution < -0.4 is 10.6 Å². The van der Waals surface area contributed by atoms with Crippen LogP contribution in [0.4, 0.5) is 0 Å². The average molecular weight is 340 g/mol. The van der Waals surface area contributed by atoms with Crippen molar-refractivity contribution in [3.63, 3.8) is 0 Å². The van der Waals surface area contributed by atoms with Gasteiger partial charge in [0.1, 0.15) is 6.26 Å². The highest BCUT2D eigenvalue weighted by molar-refractivity contribution is 5.79. The molecule has 2 N–H and O–H groups in total. The van der Waals surface area contributed by atoms with Crippen molar-refractivity contribution in [2.75, 3.05) is 7.05 Å². The lowest BCUT2D eigenvalue weighted by molar-refractivity contribution is 0.387. The molecule has 0 atom stereocenters. The van der Waals surface area contributed by atoms with Gasteiger partial charge in [-0.3, -0.25) is 4.99 Å². The number of nitrogens with one attached hydrogen (secondary N) is 2. The smallest absolute Gasteiger partial charge is 0.226 e. The molecule has 0 aliphatic rings. The van der Waals surface area contributed by atoms with Gasteiger partial charge in [-0.05, 0) is 19.1 Å². The van der Waals surface area contributed by atoms with E-state index in [0.717, 1.165) is 11.3 Å². The fourth-order valence-corrected chi connectivity index (χ4v) is 2.19. The minimum Gasteiger partial charge on any atom is -0.444 e. The van der Waals surface area contributed by atoms with Crippen molar-refractivity contribution in [2.45, 2.75) is 26.9 Å². The Labute approximate surface area is 145 Å². The van der Waals surface area contributed by atoms with Crippen molar-refractivity contribution in [2.24, 2.45) is 4.99 Å². The van der Waals surface area contributed by atoms with E-state index in [1.165, 1.54) is 5.56 Å². The third-order valence-corrected chi connectivity index (χ3v) is 3.49. The van der Waals surface area contributed by atoms with Crippen LogP contribution in [-0.4, -0.2) is 28.1 Å². The zero-order chi connectivity index (χ0) is 17.6. The van der Waals surface area contributed by atoms with Crippen LogP contribution in [0.25, 0.3) is 11.5 Å². The molecule has 0 radical (unpaired) electrons. The normalized spacial score (nSPS) is 11.6. The molecule has 8 heteroatoms. The molecule has 2 heterocycles. The Hall–Kier alpha value is -3.16. The molecule has 0 spiro atoms. The van der Waals surface area contributed by atoms with E-state index in [2.05, 4.69) is 30.8 Å². The zero-order valence-corrected chi connectivity index (χ0v) is 14.4. The summed E-state index contributed by atoms with van der Waals surface area (Å²) in [4.78, 5) is 12.8. The Morgan fingerprint density at radius 2 is 1.84 bits per heavy atom. The number of oxazole rings is 1. The summed E-state index contributed by atoms with van der Waals surface area (Å²) in [6.07, 6.45) is 1.64. The molecule has 0 bridgehead atoms. The number of rotatable bonds is 5. The van der Waals surface area contributed by atoms with Gasteiger partial charge in [0.05, 0.1) is 18.8 Å². The van der Waals surface area contributed by atoms with Crippen LogP contribution in [0.5, 0.6) is 0 Å². The monoisotopic (exact) mass is 340 g/mol. The van der Waals surface area contributed by atoms with Crippen LogP contribution in [0.2, 0.25) is 0 Å². The second-order valence-electron chi connectivity index (χ2n) is 5.52. The van der Waals surface area contributed by atoms with Crippen LogP contribution in [0.1, 0.15) is 23.0 Å². The van der Waals surface area contributed by atoms with E-state index in [9.17, 15) is 0 Å². The molecular formula is C17H20N6O2. The first kappa shape index (κ1) is 16.7. The molecule has 3 rings (SSSR count). The molecule has 8 nitrogen and oxygen atoms in total. The SMILES string of the molecule is CN=C(NCc1coc(-c2ccc(C)cc2)n1)NCc1noc(C)n1. The third-order valence-electron chi connectivity index (χ3n) is 3.49. The molecule has 2 aromatic heterocycles. The van der Waals surface area contributed by atoms with Crippen LogP contribution in [-0.2, 0) is 13.1 Å². The Morgan fingerprint density at radius 3 is 2.52 bits per heavy atom. The summed E-state index contributed by atoms with van der Waals surface area (Å²) in [5.74, 6) is 2.32. The highest BCUT2D eigenvalue weighted by Crippen LogP contribution is 2.18. The average Bonchev–Trinajstić information content (AvgIpc) is 3.25. The van der Waals surface area contributed by atoms with Crippen molar-refractivity contribution in [3.8, 4) is 11.5 Å². The van der Waals surface area contributed by atoms with Gasteiger partial charge in [0.25, 0.3) is 0 Å². The molecule has 3 aromatic rings. The molecule has 1 aromatic carbocycles. The lowest BCUT2D eigenvalue weighted by atomic mass is 10.1. The van der Waals surface area contributed by atoms with E-state index in [1.54, 1.807) is 20.2 Å². The number of aryl methyl sites for hydroxylation is 2. The van der Waals surface area contributed by atoms with Gasteiger partial charge in [-0.15, -0.1) is 0 Å². The summed E-state index contributed by atoms with van der Waals surface area (Å²) in [6, 6.07) is 8.04. The zero-order valence-electron chi connectivity index (χ0n) is 14.4. The molecule has 0 aliphatic carbocycles. The van der Waals surface area contributed by atoms with E-state index >= 15 is 0 Å². The summed E-state index contributed by atoms with van der Waals surface area (Å²) in [6.45, 7) is 4.70. The van der Waals surface area contributed by atoms with Gasteiger partial charge in [-0.25, -0.2) is 4.98 Å². The molecule has 0 aliphatic heterocycles. The van der Waals surface area contributed by atoms with E-state index in [1.807, 2.05) is 31.2 Å². The Balaban J connectivity index is 1.54. The van der Waals surface area contributed by atoms with Crippen molar-refractivity contribution >= 4 is 5.96 Å². The van der Waals surface area contributed by atoms with Gasteiger partial charge in [0, 0.05) is 19.5 Å². The van der Waals surface area contributed by atoms with Gasteiger partial charge in [0.2, 0.25) is 11.8 Å². The van der Waals surface area contributed by atoms with Crippen LogP contribution in [0.3, 0.4) is 0 Å². The van der Waals surface area contributed by atoms with E-state index in [-0.39, 0.29) is 0 Å². The Kier molecular flexibility index (Phi) is 5.08. The summed E-state index contributed by atoms with van der Waals surface area (Å²) < 4.78 is 10.5. The topological polar surface area (TPSA) is 101 Å². The number of nitrogens with zero attached hydrogens (tertiary/aromatic N) is 4. The van der Waals surface area contributed by atoms with Gasteiger partial charge in [-0.1, -0.05) is 22.9 Å². The summed E-state index contributed by atoms with van der Waals surface area (Å²) in [5.41, 5.74) is 2.93. The predicted octanol–water partition coefficient (Wildman–Crippen LogP) is 2.21. The first-order chi connectivity index (χ1) is 12.1. The largest absolute Gasteiger partial charge is 0.444 e. The van der Waals surface area contributed by atoms with Gasteiger partial charge >= 0.3 is 0 Å². The van der Waals surface area contributed by atoms with Crippen molar-refractivity contribution in [3.05, 3.63) is 53.5 Å². The summed E-state index contributed by atoms with van der Waals surface area (Å²) >= 11 is 0. The van der Waals surface area contributed by atoms with E-state index < -0.39 is 0 Å². The number of benzene rings is 1. The first-order valence-electron chi connectivity index (χ1n) is 7.89. The highest BCUT2D eigenvalue weighted by atomic mass is 16.5. The van der Waals surface area contributed by atoms with E-state index in [0.29, 0.717) is 36.7 Å². The molecule has 130 valence electrons. The number of hydrogen-bond acceptors (Lipinski definition) is 6. The van der Waals surface area contributed by atoms with Crippen molar-refractivity contribution in [1.29, 1.82) is 0 Å². The lowest BCUT2D eigenvalue weighted by Gasteiger charge is -2.08. The van der Waals surface area contributed by atoms with Crippen molar-refractivity contribution < 1.29 is 8.94 Å². The fraction of sp³-hybridized carbons (Fsp3) is 0.294. The maximum atomic E-state index is 5.54. The maximum absolute atomic E-state index is 5.54. The third kappa shape index (κ3) is 4.43. The molecule has 0 unspecified atom stereocenters. The maximum Gasteiger partial charge on any atom is 0.226 e. The van der Waals surface area contributed by atoms with Crippen molar-refractivity contribution in [1.82, 2.24) is 25.8 Å². The van der Waals surface area contributed by atoms with Gasteiger partial charge in [-0.2, -0.15) is 4.98 Å². The first-order valence-corrected chi connectivity index (χ1v) is 7.89. The highest BCUT2D eigenvalue weighted by Gasteiger charge is 2.08. The minimum absolute atomic E-state index is 0.421. The number of hydrogen-bond donors (Lipinski definition) is 2. The number of guanidine groups is 1.